The molecule has 3 rings (SSSR count). The Hall–Kier alpha value is -2.41. The Bertz CT molecular complexity index is 847. The topological polar surface area (TPSA) is 79.9 Å². The fraction of sp³-hybridized carbons (Fsp3) is 0.188. The number of hydrogen-bond donors (Lipinski definition) is 2. The van der Waals surface area contributed by atoms with Crippen LogP contribution in [-0.2, 0) is 11.2 Å². The molecular weight excluding hydrogens is 360 g/mol. The molecule has 0 fully saturated rings. The molecule has 23 heavy (non-hydrogen) atoms. The maximum absolute atomic E-state index is 12.0. The van der Waals surface area contributed by atoms with E-state index in [4.69, 9.17) is 4.74 Å². The molecule has 0 saturated heterocycles. The van der Waals surface area contributed by atoms with Crippen LogP contribution in [0.3, 0.4) is 0 Å². The third-order valence-corrected chi connectivity index (χ3v) is 3.73. The summed E-state index contributed by atoms with van der Waals surface area (Å²) in [7, 11) is 1.59. The molecule has 0 radical (unpaired) electrons. The maximum atomic E-state index is 12.0. The first-order chi connectivity index (χ1) is 11.1. The van der Waals surface area contributed by atoms with Gasteiger partial charge >= 0.3 is 0 Å². The molecule has 0 unspecified atom stereocenters. The molecule has 1 amide bonds. The van der Waals surface area contributed by atoms with Gasteiger partial charge in [0.05, 0.1) is 12.6 Å². The van der Waals surface area contributed by atoms with Gasteiger partial charge in [0.2, 0.25) is 5.91 Å². The number of rotatable bonds is 5. The zero-order valence-electron chi connectivity index (χ0n) is 12.5. The van der Waals surface area contributed by atoms with E-state index in [1.165, 1.54) is 0 Å². The van der Waals surface area contributed by atoms with Crippen molar-refractivity contribution < 1.29 is 9.53 Å². The van der Waals surface area contributed by atoms with Gasteiger partial charge in [0.15, 0.2) is 5.65 Å². The molecule has 0 saturated carbocycles. The van der Waals surface area contributed by atoms with E-state index in [1.807, 2.05) is 24.3 Å². The van der Waals surface area contributed by atoms with E-state index in [0.717, 1.165) is 15.8 Å². The number of imidazole rings is 1. The molecule has 3 aromatic rings. The van der Waals surface area contributed by atoms with Crippen molar-refractivity contribution in [1.82, 2.24) is 15.0 Å². The summed E-state index contributed by atoms with van der Waals surface area (Å²) in [5.41, 5.74) is 2.21. The maximum Gasteiger partial charge on any atom is 0.224 e. The number of carbonyl (C=O) groups excluding carboxylic acids is 1. The van der Waals surface area contributed by atoms with Gasteiger partial charge in [-0.2, -0.15) is 0 Å². The number of aromatic nitrogens is 3. The number of H-pyrrole nitrogens is 1. The zero-order chi connectivity index (χ0) is 16.2. The number of aromatic amines is 1. The molecule has 0 aliphatic heterocycles. The number of nitrogens with zero attached hydrogens (tertiary/aromatic N) is 2. The zero-order valence-corrected chi connectivity index (χ0v) is 14.1. The number of fused-ring (bicyclic) bond motifs is 1. The van der Waals surface area contributed by atoms with Crippen molar-refractivity contribution in [1.29, 1.82) is 0 Å². The molecule has 0 spiro atoms. The van der Waals surface area contributed by atoms with Gasteiger partial charge in [0, 0.05) is 35.3 Å². The number of ether oxygens (including phenoxy) is 1. The summed E-state index contributed by atoms with van der Waals surface area (Å²) in [6.45, 7) is 0. The van der Waals surface area contributed by atoms with Crippen LogP contribution < -0.4 is 10.1 Å². The first kappa shape index (κ1) is 15.5. The summed E-state index contributed by atoms with van der Waals surface area (Å²) in [5, 5.41) is 2.85. The van der Waals surface area contributed by atoms with Crippen LogP contribution in [0.25, 0.3) is 11.2 Å². The predicted octanol–water partition coefficient (Wildman–Crippen LogP) is 3.30. The lowest BCUT2D eigenvalue weighted by Crippen LogP contribution is -2.12. The van der Waals surface area contributed by atoms with Crippen molar-refractivity contribution in [3.05, 3.63) is 46.8 Å². The summed E-state index contributed by atoms with van der Waals surface area (Å²) >= 11 is 3.37. The molecule has 2 heterocycles. The number of carbonyl (C=O) groups is 1. The third-order valence-electron chi connectivity index (χ3n) is 3.30. The quantitative estimate of drug-likeness (QED) is 0.717. The molecule has 0 atom stereocenters. The fourth-order valence-electron chi connectivity index (χ4n) is 2.20. The fourth-order valence-corrected chi connectivity index (χ4v) is 2.53. The summed E-state index contributed by atoms with van der Waals surface area (Å²) < 4.78 is 6.02. The Morgan fingerprint density at radius 1 is 1.39 bits per heavy atom. The number of nitrogens with one attached hydrogen (secondary N) is 2. The number of amides is 1. The molecule has 118 valence electrons. The van der Waals surface area contributed by atoms with E-state index in [-0.39, 0.29) is 5.91 Å². The lowest BCUT2D eigenvalue weighted by atomic mass is 10.2. The second-order valence-corrected chi connectivity index (χ2v) is 5.90. The number of pyridine rings is 1. The number of methoxy groups -OCH3 is 1. The lowest BCUT2D eigenvalue weighted by Gasteiger charge is -2.06. The van der Waals surface area contributed by atoms with Gasteiger partial charge in [-0.1, -0.05) is 6.07 Å². The van der Waals surface area contributed by atoms with Crippen molar-refractivity contribution >= 4 is 38.7 Å². The van der Waals surface area contributed by atoms with Crippen LogP contribution in [0, 0.1) is 0 Å². The van der Waals surface area contributed by atoms with E-state index >= 15 is 0 Å². The van der Waals surface area contributed by atoms with E-state index in [9.17, 15) is 4.79 Å². The van der Waals surface area contributed by atoms with Crippen LogP contribution in [0.4, 0.5) is 5.69 Å². The van der Waals surface area contributed by atoms with E-state index < -0.39 is 0 Å². The molecule has 6 nitrogen and oxygen atoms in total. The summed E-state index contributed by atoms with van der Waals surface area (Å²) in [6, 6.07) is 9.17. The van der Waals surface area contributed by atoms with Gasteiger partial charge in [0.25, 0.3) is 0 Å². The highest BCUT2D eigenvalue weighted by atomic mass is 79.9. The van der Waals surface area contributed by atoms with Crippen LogP contribution in [0.1, 0.15) is 12.2 Å². The standard InChI is InChI=1S/C16H15BrN4O2/c1-23-12-4-2-3-11(8-12)19-15(22)6-5-14-20-13-7-10(17)9-18-16(13)21-14/h2-4,7-9H,5-6H2,1H3,(H,19,22)(H,18,20,21). The van der Waals surface area contributed by atoms with Gasteiger partial charge in [-0.05, 0) is 34.1 Å². The van der Waals surface area contributed by atoms with Crippen molar-refractivity contribution in [3.63, 3.8) is 0 Å². The van der Waals surface area contributed by atoms with Crippen LogP contribution in [0.15, 0.2) is 41.0 Å². The molecule has 1 aromatic carbocycles. The van der Waals surface area contributed by atoms with Crippen LogP contribution in [0.5, 0.6) is 5.75 Å². The first-order valence-electron chi connectivity index (χ1n) is 7.08. The largest absolute Gasteiger partial charge is 0.497 e. The lowest BCUT2D eigenvalue weighted by molar-refractivity contribution is -0.116. The molecule has 0 aliphatic rings. The number of hydrogen-bond acceptors (Lipinski definition) is 4. The molecule has 2 N–H and O–H groups in total. The van der Waals surface area contributed by atoms with E-state index in [1.54, 1.807) is 19.4 Å². The van der Waals surface area contributed by atoms with Gasteiger partial charge in [-0.25, -0.2) is 9.97 Å². The van der Waals surface area contributed by atoms with Crippen molar-refractivity contribution in [2.24, 2.45) is 0 Å². The summed E-state index contributed by atoms with van der Waals surface area (Å²) in [5.74, 6) is 1.37. The minimum atomic E-state index is -0.0761. The van der Waals surface area contributed by atoms with Gasteiger partial charge in [0.1, 0.15) is 11.6 Å². The molecule has 2 aromatic heterocycles. The predicted molar refractivity (Wildman–Crippen MR) is 91.5 cm³/mol. The van der Waals surface area contributed by atoms with E-state index in [2.05, 4.69) is 36.2 Å². The monoisotopic (exact) mass is 374 g/mol. The van der Waals surface area contributed by atoms with Gasteiger partial charge in [-0.3, -0.25) is 4.79 Å². The molecule has 7 heteroatoms. The highest BCUT2D eigenvalue weighted by molar-refractivity contribution is 9.10. The van der Waals surface area contributed by atoms with Crippen LogP contribution in [0.2, 0.25) is 0 Å². The highest BCUT2D eigenvalue weighted by Crippen LogP contribution is 2.18. The van der Waals surface area contributed by atoms with Crippen molar-refractivity contribution in [3.8, 4) is 5.75 Å². The Morgan fingerprint density at radius 3 is 3.09 bits per heavy atom. The Morgan fingerprint density at radius 2 is 2.26 bits per heavy atom. The minimum absolute atomic E-state index is 0.0761. The number of aryl methyl sites for hydroxylation is 1. The second kappa shape index (κ2) is 6.78. The van der Waals surface area contributed by atoms with E-state index in [0.29, 0.717) is 29.9 Å². The molecule has 0 bridgehead atoms. The Kier molecular flexibility index (Phi) is 4.57. The summed E-state index contributed by atoms with van der Waals surface area (Å²) in [4.78, 5) is 23.8. The smallest absolute Gasteiger partial charge is 0.224 e. The number of benzene rings is 1. The minimum Gasteiger partial charge on any atom is -0.497 e. The Balaban J connectivity index is 1.61. The third kappa shape index (κ3) is 3.87. The Labute approximate surface area is 141 Å². The molecular formula is C16H15BrN4O2. The van der Waals surface area contributed by atoms with Crippen molar-refractivity contribution in [2.75, 3.05) is 12.4 Å². The number of anilines is 1. The second-order valence-electron chi connectivity index (χ2n) is 4.99. The molecule has 0 aliphatic carbocycles. The average Bonchev–Trinajstić information content (AvgIpc) is 2.95. The normalized spacial score (nSPS) is 10.7. The average molecular weight is 375 g/mol. The van der Waals surface area contributed by atoms with Crippen LogP contribution >= 0.6 is 15.9 Å². The highest BCUT2D eigenvalue weighted by Gasteiger charge is 2.08. The van der Waals surface area contributed by atoms with Crippen molar-refractivity contribution in [2.45, 2.75) is 12.8 Å². The number of halogens is 1. The first-order valence-corrected chi connectivity index (χ1v) is 7.87. The summed E-state index contributed by atoms with van der Waals surface area (Å²) in [6.07, 6.45) is 2.55. The SMILES string of the molecule is COc1cccc(NC(=O)CCc2nc3ncc(Br)cc3[nH]2)c1. The van der Waals surface area contributed by atoms with Crippen LogP contribution in [-0.4, -0.2) is 28.0 Å². The van der Waals surface area contributed by atoms with Gasteiger partial charge in [-0.15, -0.1) is 0 Å². The van der Waals surface area contributed by atoms with Gasteiger partial charge < -0.3 is 15.0 Å².